The maximum Gasteiger partial charge on any atom is 0.236 e. The molecule has 0 amide bonds. The van der Waals surface area contributed by atoms with Gasteiger partial charge in [0.2, 0.25) is 5.89 Å². The summed E-state index contributed by atoms with van der Waals surface area (Å²) in [5.41, 5.74) is -0.0852. The van der Waals surface area contributed by atoms with Crippen LogP contribution >= 0.6 is 0 Å². The molecule has 5 rings (SSSR count). The maximum atomic E-state index is 13.6. The third-order valence-corrected chi connectivity index (χ3v) is 7.39. The van der Waals surface area contributed by atoms with Gasteiger partial charge in [-0.2, -0.15) is 0 Å². The first-order valence-corrected chi connectivity index (χ1v) is 13.0. The zero-order valence-corrected chi connectivity index (χ0v) is 21.1. The lowest BCUT2D eigenvalue weighted by Gasteiger charge is -2.37. The van der Waals surface area contributed by atoms with Crippen LogP contribution in [0.15, 0.2) is 95.5 Å². The molecule has 2 heterocycles. The van der Waals surface area contributed by atoms with E-state index in [2.05, 4.69) is 16.8 Å². The van der Waals surface area contributed by atoms with E-state index in [0.717, 1.165) is 25.9 Å². The van der Waals surface area contributed by atoms with Crippen molar-refractivity contribution in [2.75, 3.05) is 19.7 Å². The van der Waals surface area contributed by atoms with Crippen LogP contribution < -0.4 is 4.74 Å². The van der Waals surface area contributed by atoms with Crippen molar-refractivity contribution in [3.63, 3.8) is 0 Å². The average Bonchev–Trinajstić information content (AvgIpc) is 3.41. The third-order valence-electron chi connectivity index (χ3n) is 7.39. The number of oxazole rings is 1. The second kappa shape index (κ2) is 11.3. The SMILES string of the molecule is CCC1CCN(Cc2cnc(C(O)(c3ccccc3)c3ccccc3)o2)CC1COc1cccc(F)c1. The zero-order chi connectivity index (χ0) is 25.7. The first-order chi connectivity index (χ1) is 18.1. The van der Waals surface area contributed by atoms with Gasteiger partial charge in [0.05, 0.1) is 19.3 Å². The number of ether oxygens (including phenoxy) is 1. The fourth-order valence-electron chi connectivity index (χ4n) is 5.33. The Morgan fingerprint density at radius 1 is 1.00 bits per heavy atom. The number of likely N-dealkylation sites (tertiary alicyclic amines) is 1. The van der Waals surface area contributed by atoms with Gasteiger partial charge in [-0.05, 0) is 42.1 Å². The Labute approximate surface area is 217 Å². The van der Waals surface area contributed by atoms with E-state index in [-0.39, 0.29) is 11.7 Å². The summed E-state index contributed by atoms with van der Waals surface area (Å²) < 4.78 is 25.7. The molecule has 0 aliphatic carbocycles. The highest BCUT2D eigenvalue weighted by Gasteiger charge is 2.39. The summed E-state index contributed by atoms with van der Waals surface area (Å²) >= 11 is 0. The predicted octanol–water partition coefficient (Wildman–Crippen LogP) is 6.03. The van der Waals surface area contributed by atoms with E-state index in [1.165, 1.54) is 12.1 Å². The molecule has 1 N–H and O–H groups in total. The van der Waals surface area contributed by atoms with Gasteiger partial charge < -0.3 is 14.3 Å². The molecule has 4 aromatic rings. The number of rotatable bonds is 9. The van der Waals surface area contributed by atoms with Crippen molar-refractivity contribution in [1.82, 2.24) is 9.88 Å². The molecular weight excluding hydrogens is 467 g/mol. The van der Waals surface area contributed by atoms with Crippen LogP contribution in [0, 0.1) is 17.7 Å². The zero-order valence-electron chi connectivity index (χ0n) is 21.1. The fraction of sp³-hybridized carbons (Fsp3) is 0.323. The van der Waals surface area contributed by atoms with Crippen molar-refractivity contribution in [3.05, 3.63) is 120 Å². The van der Waals surface area contributed by atoms with Crippen LogP contribution in [0.4, 0.5) is 4.39 Å². The van der Waals surface area contributed by atoms with Gasteiger partial charge in [0, 0.05) is 18.5 Å². The Morgan fingerprint density at radius 3 is 2.35 bits per heavy atom. The predicted molar refractivity (Wildman–Crippen MR) is 141 cm³/mol. The molecule has 1 aliphatic rings. The van der Waals surface area contributed by atoms with Crippen LogP contribution in [-0.2, 0) is 12.1 Å². The largest absolute Gasteiger partial charge is 0.493 e. The molecule has 5 nitrogen and oxygen atoms in total. The monoisotopic (exact) mass is 500 g/mol. The molecule has 1 saturated heterocycles. The van der Waals surface area contributed by atoms with Crippen molar-refractivity contribution in [1.29, 1.82) is 0 Å². The lowest BCUT2D eigenvalue weighted by atomic mass is 9.84. The van der Waals surface area contributed by atoms with Crippen LogP contribution in [0.1, 0.15) is 42.5 Å². The van der Waals surface area contributed by atoms with E-state index in [4.69, 9.17) is 9.15 Å². The molecule has 2 atom stereocenters. The van der Waals surface area contributed by atoms with E-state index in [1.54, 1.807) is 18.3 Å². The van der Waals surface area contributed by atoms with Crippen molar-refractivity contribution in [3.8, 4) is 5.75 Å². The highest BCUT2D eigenvalue weighted by molar-refractivity contribution is 5.41. The first kappa shape index (κ1) is 25.2. The summed E-state index contributed by atoms with van der Waals surface area (Å²) in [4.78, 5) is 6.88. The smallest absolute Gasteiger partial charge is 0.236 e. The quantitative estimate of drug-likeness (QED) is 0.304. The van der Waals surface area contributed by atoms with E-state index in [1.807, 2.05) is 60.7 Å². The van der Waals surface area contributed by atoms with Crippen molar-refractivity contribution in [2.24, 2.45) is 11.8 Å². The van der Waals surface area contributed by atoms with Gasteiger partial charge in [0.15, 0.2) is 5.60 Å². The second-order valence-electron chi connectivity index (χ2n) is 9.79. The summed E-state index contributed by atoms with van der Waals surface area (Å²) in [6.45, 7) is 5.16. The molecule has 0 spiro atoms. The molecule has 0 radical (unpaired) electrons. The van der Waals surface area contributed by atoms with Gasteiger partial charge in [-0.1, -0.05) is 80.1 Å². The van der Waals surface area contributed by atoms with E-state index in [0.29, 0.717) is 47.6 Å². The Balaban J connectivity index is 1.31. The van der Waals surface area contributed by atoms with Crippen LogP contribution in [0.2, 0.25) is 0 Å². The minimum atomic E-state index is -1.49. The van der Waals surface area contributed by atoms with E-state index >= 15 is 0 Å². The summed E-state index contributed by atoms with van der Waals surface area (Å²) in [6.07, 6.45) is 3.86. The number of nitrogens with zero attached hydrogens (tertiary/aromatic N) is 2. The Morgan fingerprint density at radius 2 is 1.70 bits per heavy atom. The minimum Gasteiger partial charge on any atom is -0.493 e. The topological polar surface area (TPSA) is 58.7 Å². The fourth-order valence-corrected chi connectivity index (χ4v) is 5.33. The van der Waals surface area contributed by atoms with Crippen molar-refractivity contribution < 1.29 is 18.7 Å². The van der Waals surface area contributed by atoms with Gasteiger partial charge in [-0.15, -0.1) is 0 Å². The normalized spacial score (nSPS) is 18.6. The molecular formula is C31H33FN2O3. The molecule has 3 aromatic carbocycles. The standard InChI is InChI=1S/C31H33FN2O3/c1-2-23-16-17-34(20-24(23)22-36-28-15-9-14-27(32)18-28)21-29-19-33-30(37-29)31(35,25-10-5-3-6-11-25)26-12-7-4-8-13-26/h3-15,18-19,23-24,35H,2,16-17,20-22H2,1H3. The lowest BCUT2D eigenvalue weighted by molar-refractivity contribution is 0.0652. The summed E-state index contributed by atoms with van der Waals surface area (Å²) in [5, 5.41) is 11.9. The van der Waals surface area contributed by atoms with Gasteiger partial charge in [-0.3, -0.25) is 4.90 Å². The molecule has 2 unspecified atom stereocenters. The van der Waals surface area contributed by atoms with E-state index < -0.39 is 5.60 Å². The molecule has 6 heteroatoms. The maximum absolute atomic E-state index is 13.6. The Hall–Kier alpha value is -3.48. The second-order valence-corrected chi connectivity index (χ2v) is 9.79. The number of benzene rings is 3. The number of hydrogen-bond donors (Lipinski definition) is 1. The number of piperidine rings is 1. The Bertz CT molecular complexity index is 1240. The number of halogens is 1. The van der Waals surface area contributed by atoms with Gasteiger partial charge in [-0.25, -0.2) is 9.37 Å². The molecule has 0 bridgehead atoms. The van der Waals surface area contributed by atoms with Crippen molar-refractivity contribution >= 4 is 0 Å². The highest BCUT2D eigenvalue weighted by atomic mass is 19.1. The van der Waals surface area contributed by atoms with Gasteiger partial charge in [0.25, 0.3) is 0 Å². The van der Waals surface area contributed by atoms with Gasteiger partial charge in [0.1, 0.15) is 17.3 Å². The molecule has 1 aliphatic heterocycles. The molecule has 1 fully saturated rings. The average molecular weight is 501 g/mol. The molecule has 0 saturated carbocycles. The van der Waals surface area contributed by atoms with Crippen LogP contribution in [0.25, 0.3) is 0 Å². The highest BCUT2D eigenvalue weighted by Crippen LogP contribution is 2.36. The van der Waals surface area contributed by atoms with Crippen LogP contribution in [0.3, 0.4) is 0 Å². The number of aliphatic hydroxyl groups is 1. The van der Waals surface area contributed by atoms with Crippen LogP contribution in [-0.4, -0.2) is 34.7 Å². The summed E-state index contributed by atoms with van der Waals surface area (Å²) in [7, 11) is 0. The minimum absolute atomic E-state index is 0.259. The van der Waals surface area contributed by atoms with Crippen molar-refractivity contribution in [2.45, 2.75) is 31.9 Å². The summed E-state index contributed by atoms with van der Waals surface area (Å²) in [6, 6.07) is 25.3. The van der Waals surface area contributed by atoms with Crippen LogP contribution in [0.5, 0.6) is 5.75 Å². The lowest BCUT2D eigenvalue weighted by Crippen LogP contribution is -2.42. The number of aromatic nitrogens is 1. The molecule has 1 aromatic heterocycles. The van der Waals surface area contributed by atoms with Gasteiger partial charge >= 0.3 is 0 Å². The summed E-state index contributed by atoms with van der Waals surface area (Å²) in [5.74, 6) is 2.12. The third kappa shape index (κ3) is 5.60. The first-order valence-electron chi connectivity index (χ1n) is 13.0. The Kier molecular flexibility index (Phi) is 7.68. The molecule has 192 valence electrons. The number of hydrogen-bond acceptors (Lipinski definition) is 5. The molecule has 37 heavy (non-hydrogen) atoms. The van der Waals surface area contributed by atoms with E-state index in [9.17, 15) is 9.50 Å².